The Labute approximate surface area is 162 Å². The molecule has 7 nitrogen and oxygen atoms in total. The third-order valence-corrected chi connectivity index (χ3v) is 4.15. The summed E-state index contributed by atoms with van der Waals surface area (Å²) in [6, 6.07) is 19.1. The van der Waals surface area contributed by atoms with E-state index < -0.39 is 37.3 Å². The zero-order valence-electron chi connectivity index (χ0n) is 15.1. The van der Waals surface area contributed by atoms with Crippen LogP contribution in [0.15, 0.2) is 66.7 Å². The molecule has 5 atom stereocenters. The minimum atomic E-state index is -1.57. The highest BCUT2D eigenvalue weighted by molar-refractivity contribution is 6.06. The van der Waals surface area contributed by atoms with E-state index in [1.54, 1.807) is 6.08 Å². The van der Waals surface area contributed by atoms with Crippen molar-refractivity contribution in [3.8, 4) is 0 Å². The summed E-state index contributed by atoms with van der Waals surface area (Å²) >= 11 is 0. The van der Waals surface area contributed by atoms with E-state index in [-0.39, 0.29) is 5.78 Å². The number of allylic oxidation sites excluding steroid dienone is 1. The summed E-state index contributed by atoms with van der Waals surface area (Å²) in [6.07, 6.45) is -3.61. The van der Waals surface area contributed by atoms with Gasteiger partial charge in [0.05, 0.1) is 6.61 Å². The molecule has 1 fully saturated rings. The van der Waals surface area contributed by atoms with Crippen molar-refractivity contribution in [3.05, 3.63) is 77.9 Å². The number of ether oxygens (including phenoxy) is 1. The van der Waals surface area contributed by atoms with Crippen molar-refractivity contribution in [2.45, 2.75) is 30.7 Å². The zero-order valence-corrected chi connectivity index (χ0v) is 15.1. The van der Waals surface area contributed by atoms with Crippen molar-refractivity contribution in [1.29, 1.82) is 0 Å². The van der Waals surface area contributed by atoms with E-state index in [1.807, 2.05) is 66.7 Å². The van der Waals surface area contributed by atoms with Crippen molar-refractivity contribution in [2.24, 2.45) is 0 Å². The molecule has 0 amide bonds. The fraction of sp³-hybridized carbons (Fsp3) is 0.286. The first kappa shape index (κ1) is 21.9. The molecule has 150 valence electrons. The Balaban J connectivity index is 0.000000209. The molecule has 0 aliphatic carbocycles. The van der Waals surface area contributed by atoms with E-state index in [0.29, 0.717) is 0 Å². The molecule has 28 heavy (non-hydrogen) atoms. The van der Waals surface area contributed by atoms with E-state index in [2.05, 4.69) is 4.74 Å². The van der Waals surface area contributed by atoms with Gasteiger partial charge in [-0.05, 0) is 11.6 Å². The number of hydrogen-bond donors (Lipinski definition) is 5. The monoisotopic (exact) mass is 388 g/mol. The Morgan fingerprint density at radius 3 is 2.00 bits per heavy atom. The number of hydrogen-bond acceptors (Lipinski definition) is 7. The van der Waals surface area contributed by atoms with Gasteiger partial charge >= 0.3 is 0 Å². The molecule has 3 rings (SSSR count). The van der Waals surface area contributed by atoms with Crippen molar-refractivity contribution < 1.29 is 35.1 Å². The van der Waals surface area contributed by atoms with E-state index >= 15 is 0 Å². The minimum absolute atomic E-state index is 0.0319. The third kappa shape index (κ3) is 6.07. The van der Waals surface area contributed by atoms with Crippen LogP contribution in [0.3, 0.4) is 0 Å². The highest BCUT2D eigenvalue weighted by Crippen LogP contribution is 2.19. The molecule has 1 aliphatic heterocycles. The van der Waals surface area contributed by atoms with E-state index in [9.17, 15) is 4.79 Å². The van der Waals surface area contributed by atoms with Crippen LogP contribution in [0.2, 0.25) is 0 Å². The van der Waals surface area contributed by atoms with Gasteiger partial charge in [-0.25, -0.2) is 0 Å². The number of carbonyl (C=O) groups is 1. The average Bonchev–Trinajstić information content (AvgIpc) is 2.75. The van der Waals surface area contributed by atoms with Crippen molar-refractivity contribution in [3.63, 3.8) is 0 Å². The van der Waals surface area contributed by atoms with Crippen LogP contribution in [0.1, 0.15) is 15.9 Å². The first-order chi connectivity index (χ1) is 13.4. The number of ketones is 1. The maximum atomic E-state index is 11.7. The first-order valence-electron chi connectivity index (χ1n) is 8.75. The summed E-state index contributed by atoms with van der Waals surface area (Å²) in [5, 5.41) is 44.7. The van der Waals surface area contributed by atoms with Crippen LogP contribution in [-0.2, 0) is 4.74 Å². The molecule has 1 unspecified atom stereocenters. The lowest BCUT2D eigenvalue weighted by atomic mass is 10.00. The topological polar surface area (TPSA) is 127 Å². The van der Waals surface area contributed by atoms with Gasteiger partial charge in [0.25, 0.3) is 0 Å². The van der Waals surface area contributed by atoms with Crippen LogP contribution in [0.4, 0.5) is 0 Å². The predicted octanol–water partition coefficient (Wildman–Crippen LogP) is 0.361. The molecule has 0 radical (unpaired) electrons. The lowest BCUT2D eigenvalue weighted by Crippen LogP contribution is -2.58. The Kier molecular flexibility index (Phi) is 8.46. The molecule has 0 aromatic heterocycles. The second-order valence-corrected chi connectivity index (χ2v) is 6.19. The Morgan fingerprint density at radius 1 is 0.857 bits per heavy atom. The largest absolute Gasteiger partial charge is 0.394 e. The summed E-state index contributed by atoms with van der Waals surface area (Å²) in [4.78, 5) is 11.7. The summed E-state index contributed by atoms with van der Waals surface area (Å²) in [5.41, 5.74) is 1.75. The molecule has 0 bridgehead atoms. The van der Waals surface area contributed by atoms with Gasteiger partial charge in [0.1, 0.15) is 24.4 Å². The summed E-state index contributed by atoms with van der Waals surface area (Å²) in [5.74, 6) is 0.0319. The van der Waals surface area contributed by atoms with Crippen molar-refractivity contribution >= 4 is 11.9 Å². The number of benzene rings is 2. The van der Waals surface area contributed by atoms with Gasteiger partial charge in [-0.15, -0.1) is 0 Å². The second kappa shape index (κ2) is 10.8. The van der Waals surface area contributed by atoms with Gasteiger partial charge in [0, 0.05) is 5.56 Å². The van der Waals surface area contributed by atoms with Gasteiger partial charge in [0.15, 0.2) is 12.1 Å². The number of carbonyl (C=O) groups excluding carboxylic acids is 1. The summed E-state index contributed by atoms with van der Waals surface area (Å²) < 4.78 is 4.58. The molecule has 2 aromatic rings. The highest BCUT2D eigenvalue weighted by atomic mass is 16.6. The Bertz CT molecular complexity index is 743. The average molecular weight is 388 g/mol. The van der Waals surface area contributed by atoms with Crippen molar-refractivity contribution in [1.82, 2.24) is 0 Å². The lowest BCUT2D eigenvalue weighted by Gasteiger charge is -2.37. The molecule has 0 saturated carbocycles. The second-order valence-electron chi connectivity index (χ2n) is 6.19. The highest BCUT2D eigenvalue weighted by Gasteiger charge is 2.42. The smallest absolute Gasteiger partial charge is 0.185 e. The first-order valence-corrected chi connectivity index (χ1v) is 8.75. The number of aliphatic hydroxyl groups is 5. The van der Waals surface area contributed by atoms with Crippen LogP contribution < -0.4 is 0 Å². The molecular weight excluding hydrogens is 364 g/mol. The standard InChI is InChI=1S/C15H12O.C6H12O6/c16-15(14-9-5-2-6-10-14)12-11-13-7-3-1-4-8-13;7-1-2-3(8)4(9)5(10)6(11)12-2/h1-12H;2-11H,1H2/t;2-,3-,4+,5-,6?/m.1/s1. The fourth-order valence-corrected chi connectivity index (χ4v) is 2.52. The van der Waals surface area contributed by atoms with Gasteiger partial charge in [-0.1, -0.05) is 66.7 Å². The number of aliphatic hydroxyl groups excluding tert-OH is 5. The Hall–Kier alpha value is -2.39. The third-order valence-electron chi connectivity index (χ3n) is 4.15. The quantitative estimate of drug-likeness (QED) is 0.378. The molecular formula is C21H24O7. The lowest BCUT2D eigenvalue weighted by molar-refractivity contribution is -0.286. The summed E-state index contributed by atoms with van der Waals surface area (Å²) in [6.45, 7) is -0.526. The van der Waals surface area contributed by atoms with Crippen LogP contribution in [0, 0.1) is 0 Å². The molecule has 2 aromatic carbocycles. The van der Waals surface area contributed by atoms with Gasteiger partial charge in [-0.2, -0.15) is 0 Å². The van der Waals surface area contributed by atoms with Crippen LogP contribution in [0.25, 0.3) is 6.08 Å². The fourth-order valence-electron chi connectivity index (χ4n) is 2.52. The zero-order chi connectivity index (χ0) is 20.5. The molecule has 1 saturated heterocycles. The maximum absolute atomic E-state index is 11.7. The van der Waals surface area contributed by atoms with E-state index in [1.165, 1.54) is 0 Å². The van der Waals surface area contributed by atoms with E-state index in [4.69, 9.17) is 25.5 Å². The predicted molar refractivity (Wildman–Crippen MR) is 102 cm³/mol. The number of rotatable bonds is 4. The molecule has 0 spiro atoms. The van der Waals surface area contributed by atoms with Crippen molar-refractivity contribution in [2.75, 3.05) is 6.61 Å². The van der Waals surface area contributed by atoms with E-state index in [0.717, 1.165) is 11.1 Å². The van der Waals surface area contributed by atoms with Gasteiger partial charge in [-0.3, -0.25) is 4.79 Å². The molecule has 1 heterocycles. The molecule has 5 N–H and O–H groups in total. The van der Waals surface area contributed by atoms with Gasteiger partial charge in [0.2, 0.25) is 0 Å². The molecule has 7 heteroatoms. The summed E-state index contributed by atoms with van der Waals surface area (Å²) in [7, 11) is 0. The maximum Gasteiger partial charge on any atom is 0.185 e. The van der Waals surface area contributed by atoms with Crippen LogP contribution >= 0.6 is 0 Å². The SMILES string of the molecule is O=C(C=Cc1ccccc1)c1ccccc1.OC[C@H]1OC(O)[C@H](O)[C@@H](O)[C@@H]1O. The van der Waals surface area contributed by atoms with Crippen LogP contribution in [0.5, 0.6) is 0 Å². The van der Waals surface area contributed by atoms with Gasteiger partial charge < -0.3 is 30.3 Å². The van der Waals surface area contributed by atoms with Crippen LogP contribution in [-0.4, -0.2) is 68.6 Å². The minimum Gasteiger partial charge on any atom is -0.394 e. The normalized spacial score (nSPS) is 27.1. The Morgan fingerprint density at radius 2 is 1.43 bits per heavy atom. The molecule has 1 aliphatic rings.